The molecule has 1 fully saturated rings. The van der Waals surface area contributed by atoms with Crippen LogP contribution in [-0.4, -0.2) is 36.2 Å². The second kappa shape index (κ2) is 7.28. The van der Waals surface area contributed by atoms with Crippen LogP contribution in [0.2, 0.25) is 0 Å². The predicted octanol–water partition coefficient (Wildman–Crippen LogP) is 3.22. The summed E-state index contributed by atoms with van der Waals surface area (Å²) >= 11 is 5.46. The van der Waals surface area contributed by atoms with Crippen LogP contribution in [0, 0.1) is 17.1 Å². The van der Waals surface area contributed by atoms with Gasteiger partial charge in [-0.15, -0.1) is 0 Å². The molecule has 1 aliphatic heterocycles. The Labute approximate surface area is 146 Å². The molecule has 24 heavy (non-hydrogen) atoms. The zero-order chi connectivity index (χ0) is 16.9. The van der Waals surface area contributed by atoms with Crippen molar-refractivity contribution < 1.29 is 4.39 Å². The van der Waals surface area contributed by atoms with E-state index in [-0.39, 0.29) is 5.82 Å². The number of nitriles is 1. The molecule has 0 amide bonds. The number of nitrogens with zero attached hydrogens (tertiary/aromatic N) is 3. The molecule has 1 aliphatic rings. The van der Waals surface area contributed by atoms with Gasteiger partial charge in [0.25, 0.3) is 0 Å². The molecule has 3 rings (SSSR count). The third-order valence-corrected chi connectivity index (χ3v) is 4.39. The summed E-state index contributed by atoms with van der Waals surface area (Å²) in [5.41, 5.74) is 2.11. The topological polar surface area (TPSA) is 42.3 Å². The van der Waals surface area contributed by atoms with Crippen LogP contribution in [0.4, 0.5) is 15.8 Å². The summed E-state index contributed by atoms with van der Waals surface area (Å²) in [6.45, 7) is 2.90. The largest absolute Gasteiger partial charge is 0.366 e. The second-order valence-corrected chi connectivity index (χ2v) is 5.93. The minimum atomic E-state index is -0.191. The molecule has 0 atom stereocenters. The van der Waals surface area contributed by atoms with Crippen molar-refractivity contribution in [3.63, 3.8) is 0 Å². The molecule has 1 saturated heterocycles. The molecule has 0 unspecified atom stereocenters. The maximum absolute atomic E-state index is 13.9. The number of hydrogen-bond acceptors (Lipinski definition) is 3. The Balaban J connectivity index is 1.57. The van der Waals surface area contributed by atoms with E-state index in [1.165, 1.54) is 6.07 Å². The molecule has 1 N–H and O–H groups in total. The van der Waals surface area contributed by atoms with Gasteiger partial charge < -0.3 is 15.1 Å². The van der Waals surface area contributed by atoms with E-state index in [9.17, 15) is 4.39 Å². The lowest BCUT2D eigenvalue weighted by molar-refractivity contribution is 0.388. The Kier molecular flexibility index (Phi) is 4.92. The first kappa shape index (κ1) is 16.2. The summed E-state index contributed by atoms with van der Waals surface area (Å²) < 4.78 is 13.9. The predicted molar refractivity (Wildman–Crippen MR) is 97.6 cm³/mol. The fourth-order valence-corrected chi connectivity index (χ4v) is 2.99. The summed E-state index contributed by atoms with van der Waals surface area (Å²) in [4.78, 5) is 4.11. The van der Waals surface area contributed by atoms with Gasteiger partial charge in [0.05, 0.1) is 17.3 Å². The molecular weight excluding hydrogens is 323 g/mol. The van der Waals surface area contributed by atoms with Crippen LogP contribution in [0.25, 0.3) is 0 Å². The molecule has 2 aromatic carbocycles. The Morgan fingerprint density at radius 3 is 2.33 bits per heavy atom. The van der Waals surface area contributed by atoms with E-state index in [0.717, 1.165) is 31.9 Å². The zero-order valence-electron chi connectivity index (χ0n) is 13.1. The van der Waals surface area contributed by atoms with Gasteiger partial charge in [0.15, 0.2) is 5.11 Å². The van der Waals surface area contributed by atoms with Crippen molar-refractivity contribution in [1.82, 2.24) is 4.90 Å². The normalized spacial score (nSPS) is 14.2. The number of benzene rings is 2. The number of hydrogen-bond donors (Lipinski definition) is 1. The average Bonchev–Trinajstić information content (AvgIpc) is 2.63. The summed E-state index contributed by atoms with van der Waals surface area (Å²) in [5, 5.41) is 12.6. The van der Waals surface area contributed by atoms with Gasteiger partial charge in [0, 0.05) is 31.9 Å². The van der Waals surface area contributed by atoms with Crippen molar-refractivity contribution in [3.8, 4) is 6.07 Å². The van der Waals surface area contributed by atoms with Crippen LogP contribution in [0.1, 0.15) is 5.56 Å². The number of piperazine rings is 1. The molecule has 4 nitrogen and oxygen atoms in total. The standard InChI is InChI=1S/C18H17FN4S/c19-16-3-1-2-4-17(16)22-9-11-23(12-10-22)18(24)21-15-7-5-14(13-20)6-8-15/h1-8H,9-12H2,(H,21,24). The highest BCUT2D eigenvalue weighted by Gasteiger charge is 2.20. The van der Waals surface area contributed by atoms with Crippen molar-refractivity contribution >= 4 is 28.7 Å². The lowest BCUT2D eigenvalue weighted by Gasteiger charge is -2.37. The summed E-state index contributed by atoms with van der Waals surface area (Å²) in [6.07, 6.45) is 0. The lowest BCUT2D eigenvalue weighted by atomic mass is 10.2. The molecule has 1 heterocycles. The van der Waals surface area contributed by atoms with E-state index in [2.05, 4.69) is 16.3 Å². The van der Waals surface area contributed by atoms with Crippen LogP contribution in [0.3, 0.4) is 0 Å². The first-order valence-electron chi connectivity index (χ1n) is 7.73. The number of rotatable bonds is 2. The van der Waals surface area contributed by atoms with Crippen LogP contribution in [0.5, 0.6) is 0 Å². The summed E-state index contributed by atoms with van der Waals surface area (Å²) in [6, 6.07) is 16.1. The minimum Gasteiger partial charge on any atom is -0.366 e. The SMILES string of the molecule is N#Cc1ccc(NC(=S)N2CCN(c3ccccc3F)CC2)cc1. The van der Waals surface area contributed by atoms with Gasteiger partial charge in [0.1, 0.15) is 5.82 Å². The van der Waals surface area contributed by atoms with Crippen molar-refractivity contribution in [3.05, 3.63) is 59.9 Å². The molecule has 0 saturated carbocycles. The van der Waals surface area contributed by atoms with E-state index < -0.39 is 0 Å². The monoisotopic (exact) mass is 340 g/mol. The number of para-hydroxylation sites is 1. The molecule has 0 spiro atoms. The number of thiocarbonyl (C=S) groups is 1. The van der Waals surface area contributed by atoms with Gasteiger partial charge in [0.2, 0.25) is 0 Å². The summed E-state index contributed by atoms with van der Waals surface area (Å²) in [7, 11) is 0. The van der Waals surface area contributed by atoms with E-state index >= 15 is 0 Å². The fourth-order valence-electron chi connectivity index (χ4n) is 2.69. The lowest BCUT2D eigenvalue weighted by Crippen LogP contribution is -2.50. The highest BCUT2D eigenvalue weighted by Crippen LogP contribution is 2.20. The van der Waals surface area contributed by atoms with Gasteiger partial charge in [-0.3, -0.25) is 0 Å². The Morgan fingerprint density at radius 1 is 1.04 bits per heavy atom. The molecular formula is C18H17FN4S. The first-order chi connectivity index (χ1) is 11.7. The molecule has 122 valence electrons. The second-order valence-electron chi connectivity index (χ2n) is 5.54. The van der Waals surface area contributed by atoms with Gasteiger partial charge in [-0.2, -0.15) is 5.26 Å². The average molecular weight is 340 g/mol. The van der Waals surface area contributed by atoms with Crippen LogP contribution in [0.15, 0.2) is 48.5 Å². The Hall–Kier alpha value is -2.65. The van der Waals surface area contributed by atoms with E-state index in [1.54, 1.807) is 24.3 Å². The Morgan fingerprint density at radius 2 is 1.71 bits per heavy atom. The van der Waals surface area contributed by atoms with Crippen molar-refractivity contribution in [2.24, 2.45) is 0 Å². The molecule has 0 aliphatic carbocycles. The molecule has 0 aromatic heterocycles. The highest BCUT2D eigenvalue weighted by atomic mass is 32.1. The fraction of sp³-hybridized carbons (Fsp3) is 0.222. The quantitative estimate of drug-likeness (QED) is 0.850. The molecule has 0 radical (unpaired) electrons. The number of anilines is 2. The number of nitrogens with one attached hydrogen (secondary N) is 1. The minimum absolute atomic E-state index is 0.191. The van der Waals surface area contributed by atoms with Crippen molar-refractivity contribution in [2.75, 3.05) is 36.4 Å². The Bertz CT molecular complexity index is 761. The third kappa shape index (κ3) is 3.63. The molecule has 2 aromatic rings. The van der Waals surface area contributed by atoms with Crippen molar-refractivity contribution in [1.29, 1.82) is 5.26 Å². The van der Waals surface area contributed by atoms with Crippen LogP contribution in [-0.2, 0) is 0 Å². The maximum Gasteiger partial charge on any atom is 0.173 e. The zero-order valence-corrected chi connectivity index (χ0v) is 13.9. The van der Waals surface area contributed by atoms with Gasteiger partial charge in [-0.25, -0.2) is 4.39 Å². The van der Waals surface area contributed by atoms with E-state index in [0.29, 0.717) is 16.4 Å². The molecule has 0 bridgehead atoms. The van der Waals surface area contributed by atoms with Crippen molar-refractivity contribution in [2.45, 2.75) is 0 Å². The van der Waals surface area contributed by atoms with Crippen LogP contribution >= 0.6 is 12.2 Å². The smallest absolute Gasteiger partial charge is 0.173 e. The third-order valence-electron chi connectivity index (χ3n) is 4.03. The van der Waals surface area contributed by atoms with Gasteiger partial charge in [-0.1, -0.05) is 12.1 Å². The number of halogens is 1. The van der Waals surface area contributed by atoms with Gasteiger partial charge >= 0.3 is 0 Å². The maximum atomic E-state index is 13.9. The summed E-state index contributed by atoms with van der Waals surface area (Å²) in [5.74, 6) is -0.191. The molecule has 6 heteroatoms. The van der Waals surface area contributed by atoms with Crippen LogP contribution < -0.4 is 10.2 Å². The van der Waals surface area contributed by atoms with E-state index in [4.69, 9.17) is 17.5 Å². The highest BCUT2D eigenvalue weighted by molar-refractivity contribution is 7.80. The first-order valence-corrected chi connectivity index (χ1v) is 8.14. The van der Waals surface area contributed by atoms with E-state index in [1.807, 2.05) is 23.1 Å². The van der Waals surface area contributed by atoms with Gasteiger partial charge in [-0.05, 0) is 48.6 Å².